The predicted molar refractivity (Wildman–Crippen MR) is 156 cm³/mol. The molecule has 0 aliphatic heterocycles. The van der Waals surface area contributed by atoms with Gasteiger partial charge in [0.15, 0.2) is 0 Å². The summed E-state index contributed by atoms with van der Waals surface area (Å²) in [7, 11) is -4.89. The molecule has 0 aliphatic carbocycles. The quantitative estimate of drug-likeness (QED) is 0.108. The highest BCUT2D eigenvalue weighted by Gasteiger charge is 2.25. The maximum atomic E-state index is 13.3. The van der Waals surface area contributed by atoms with Crippen LogP contribution in [-0.4, -0.2) is 32.6 Å². The first-order valence-electron chi connectivity index (χ1n) is 13.6. The van der Waals surface area contributed by atoms with Crippen LogP contribution in [0.2, 0.25) is 0 Å². The molecule has 0 fully saturated rings. The summed E-state index contributed by atoms with van der Waals surface area (Å²) in [6.45, 7) is 3.08. The van der Waals surface area contributed by atoms with Crippen LogP contribution in [0.3, 0.4) is 0 Å². The second-order valence-corrected chi connectivity index (χ2v) is 14.0. The molecule has 0 N–H and O–H groups in total. The summed E-state index contributed by atoms with van der Waals surface area (Å²) in [5.74, 6) is 0. The fourth-order valence-electron chi connectivity index (χ4n) is 4.17. The molecule has 0 saturated carbocycles. The van der Waals surface area contributed by atoms with E-state index in [0.717, 1.165) is 37.7 Å². The van der Waals surface area contributed by atoms with Gasteiger partial charge in [0.25, 0.3) is 0 Å². The van der Waals surface area contributed by atoms with E-state index in [0.29, 0.717) is 38.4 Å². The molecule has 3 aromatic rings. The predicted octanol–water partition coefficient (Wildman–Crippen LogP) is 9.03. The van der Waals surface area contributed by atoms with Crippen LogP contribution in [0.15, 0.2) is 72.8 Å². The van der Waals surface area contributed by atoms with Crippen molar-refractivity contribution in [2.24, 2.45) is 0 Å². The van der Waals surface area contributed by atoms with Gasteiger partial charge in [0.2, 0.25) is 0 Å². The van der Waals surface area contributed by atoms with Gasteiger partial charge in [-0.3, -0.25) is 9.13 Å². The van der Waals surface area contributed by atoms with Gasteiger partial charge in [0.05, 0.1) is 32.1 Å². The Morgan fingerprint density at radius 2 is 1.32 bits per heavy atom. The molecule has 2 atom stereocenters. The van der Waals surface area contributed by atoms with E-state index >= 15 is 0 Å². The van der Waals surface area contributed by atoms with Gasteiger partial charge in [-0.2, -0.15) is 0 Å². The SMILES string of the molecule is CCCOP(=O)(CCCCCP(=O)(OC)OCc1ccccc1)OCCCCc1ccc2ccccc2c1. The van der Waals surface area contributed by atoms with E-state index in [1.807, 2.05) is 37.3 Å². The Morgan fingerprint density at radius 3 is 2.05 bits per heavy atom. The molecule has 0 aromatic heterocycles. The van der Waals surface area contributed by atoms with Crippen LogP contribution < -0.4 is 0 Å². The monoisotopic (exact) mass is 560 g/mol. The topological polar surface area (TPSA) is 71.1 Å². The zero-order chi connectivity index (χ0) is 27.1. The molecule has 8 heteroatoms. The van der Waals surface area contributed by atoms with Crippen LogP contribution in [0.25, 0.3) is 10.8 Å². The molecule has 2 unspecified atom stereocenters. The highest BCUT2D eigenvalue weighted by molar-refractivity contribution is 7.54. The van der Waals surface area contributed by atoms with Crippen molar-refractivity contribution in [1.82, 2.24) is 0 Å². The normalized spacial score (nSPS) is 14.8. The Balaban J connectivity index is 1.36. The molecule has 0 amide bonds. The second-order valence-electron chi connectivity index (χ2n) is 9.48. The van der Waals surface area contributed by atoms with E-state index in [9.17, 15) is 9.13 Å². The van der Waals surface area contributed by atoms with Gasteiger partial charge < -0.3 is 18.1 Å². The zero-order valence-corrected chi connectivity index (χ0v) is 24.5. The number of unbranched alkanes of at least 4 members (excludes halogenated alkanes) is 3. The summed E-state index contributed by atoms with van der Waals surface area (Å²) in [6, 6.07) is 24.6. The average Bonchev–Trinajstić information content (AvgIpc) is 2.95. The first-order valence-corrected chi connectivity index (χ1v) is 17.1. The third kappa shape index (κ3) is 10.8. The molecule has 0 spiro atoms. The van der Waals surface area contributed by atoms with Crippen molar-refractivity contribution in [3.05, 3.63) is 83.9 Å². The van der Waals surface area contributed by atoms with Gasteiger partial charge in [0.1, 0.15) is 0 Å². The minimum absolute atomic E-state index is 0.251. The van der Waals surface area contributed by atoms with Gasteiger partial charge in [-0.15, -0.1) is 0 Å². The van der Waals surface area contributed by atoms with Crippen molar-refractivity contribution in [2.45, 2.75) is 58.5 Å². The maximum Gasteiger partial charge on any atom is 0.330 e. The molecule has 3 aromatic carbocycles. The van der Waals surface area contributed by atoms with Crippen LogP contribution in [0, 0.1) is 0 Å². The van der Waals surface area contributed by atoms with Crippen LogP contribution in [-0.2, 0) is 40.3 Å². The van der Waals surface area contributed by atoms with E-state index in [1.165, 1.54) is 23.4 Å². The van der Waals surface area contributed by atoms with Crippen molar-refractivity contribution in [1.29, 1.82) is 0 Å². The number of fused-ring (bicyclic) bond motifs is 1. The van der Waals surface area contributed by atoms with Crippen LogP contribution in [0.1, 0.15) is 56.6 Å². The third-order valence-corrected chi connectivity index (χ3v) is 10.3. The Labute approximate surface area is 228 Å². The molecule has 0 aliphatic rings. The van der Waals surface area contributed by atoms with E-state index in [-0.39, 0.29) is 6.61 Å². The summed E-state index contributed by atoms with van der Waals surface area (Å²) < 4.78 is 48.5. The Hall–Kier alpha value is -1.78. The van der Waals surface area contributed by atoms with E-state index in [4.69, 9.17) is 18.1 Å². The average molecular weight is 561 g/mol. The number of hydrogen-bond donors (Lipinski definition) is 0. The molecule has 0 bridgehead atoms. The Kier molecular flexibility index (Phi) is 13.2. The number of hydrogen-bond acceptors (Lipinski definition) is 6. The lowest BCUT2D eigenvalue weighted by Gasteiger charge is -2.19. The summed E-state index contributed by atoms with van der Waals surface area (Å²) in [6.07, 6.45) is 6.27. The molecular formula is C30H42O6P2. The fraction of sp³-hybridized carbons (Fsp3) is 0.467. The molecule has 208 valence electrons. The number of benzene rings is 3. The molecule has 3 rings (SSSR count). The highest BCUT2D eigenvalue weighted by Crippen LogP contribution is 2.51. The number of aryl methyl sites for hydroxylation is 1. The van der Waals surface area contributed by atoms with Gasteiger partial charge in [-0.25, -0.2) is 0 Å². The minimum atomic E-state index is -3.16. The van der Waals surface area contributed by atoms with Gasteiger partial charge in [-0.1, -0.05) is 86.1 Å². The van der Waals surface area contributed by atoms with Gasteiger partial charge in [-0.05, 0) is 60.4 Å². The van der Waals surface area contributed by atoms with Crippen LogP contribution >= 0.6 is 15.2 Å². The van der Waals surface area contributed by atoms with E-state index in [2.05, 4.69) is 42.5 Å². The molecule has 6 nitrogen and oxygen atoms in total. The molecule has 0 heterocycles. The van der Waals surface area contributed by atoms with Crippen molar-refractivity contribution < 1.29 is 27.2 Å². The lowest BCUT2D eigenvalue weighted by Crippen LogP contribution is -2.04. The standard InChI is InChI=1S/C30H42O6P2/c1-3-21-34-38(32,35-22-11-10-14-27-19-20-29-17-8-9-18-30(29)25-27)24-13-5-12-23-37(31,33-2)36-26-28-15-6-4-7-16-28/h4,6-9,15-20,25H,3,5,10-14,21-24,26H2,1-2H3. The van der Waals surface area contributed by atoms with Crippen molar-refractivity contribution >= 4 is 26.0 Å². The number of rotatable bonds is 19. The molecule has 38 heavy (non-hydrogen) atoms. The van der Waals surface area contributed by atoms with Gasteiger partial charge >= 0.3 is 15.2 Å². The molecule has 0 radical (unpaired) electrons. The minimum Gasteiger partial charge on any atom is -0.312 e. The smallest absolute Gasteiger partial charge is 0.312 e. The van der Waals surface area contributed by atoms with Crippen molar-refractivity contribution in [3.63, 3.8) is 0 Å². The Morgan fingerprint density at radius 1 is 0.632 bits per heavy atom. The molecule has 0 saturated heterocycles. The Bertz CT molecular complexity index is 1180. The first-order chi connectivity index (χ1) is 18.5. The van der Waals surface area contributed by atoms with E-state index in [1.54, 1.807) is 0 Å². The lowest BCUT2D eigenvalue weighted by molar-refractivity contribution is 0.201. The zero-order valence-electron chi connectivity index (χ0n) is 22.8. The maximum absolute atomic E-state index is 13.3. The summed E-state index contributed by atoms with van der Waals surface area (Å²) >= 11 is 0. The fourth-order valence-corrected chi connectivity index (χ4v) is 7.35. The van der Waals surface area contributed by atoms with Crippen molar-refractivity contribution in [2.75, 3.05) is 32.6 Å². The van der Waals surface area contributed by atoms with Gasteiger partial charge in [0, 0.05) is 7.11 Å². The largest absolute Gasteiger partial charge is 0.330 e. The summed E-state index contributed by atoms with van der Waals surface area (Å²) in [5.41, 5.74) is 2.25. The second kappa shape index (κ2) is 16.4. The van der Waals surface area contributed by atoms with Crippen molar-refractivity contribution in [3.8, 4) is 0 Å². The molecular weight excluding hydrogens is 518 g/mol. The summed E-state index contributed by atoms with van der Waals surface area (Å²) in [4.78, 5) is 0. The van der Waals surface area contributed by atoms with Crippen LogP contribution in [0.5, 0.6) is 0 Å². The lowest BCUT2D eigenvalue weighted by atomic mass is 10.0. The van der Waals surface area contributed by atoms with Crippen LogP contribution in [0.4, 0.5) is 0 Å². The first kappa shape index (κ1) is 30.8. The highest BCUT2D eigenvalue weighted by atomic mass is 31.2. The third-order valence-electron chi connectivity index (χ3n) is 6.37. The summed E-state index contributed by atoms with van der Waals surface area (Å²) in [5, 5.41) is 2.50. The van der Waals surface area contributed by atoms with E-state index < -0.39 is 15.2 Å².